The Morgan fingerprint density at radius 3 is 1.87 bits per heavy atom. The first-order valence-corrected chi connectivity index (χ1v) is 8.46. The lowest BCUT2D eigenvalue weighted by Gasteiger charge is -2.08. The Hall–Kier alpha value is -3.11. The van der Waals surface area contributed by atoms with Gasteiger partial charge >= 0.3 is 18.0 Å². The van der Waals surface area contributed by atoms with Gasteiger partial charge < -0.3 is 15.2 Å². The Labute approximate surface area is 181 Å². The lowest BCUT2D eigenvalue weighted by Crippen LogP contribution is -2.24. The highest BCUT2D eigenvalue weighted by atomic mass is 35.5. The maximum absolute atomic E-state index is 11.3. The van der Waals surface area contributed by atoms with E-state index in [1.165, 1.54) is 12.3 Å². The van der Waals surface area contributed by atoms with Crippen molar-refractivity contribution in [1.29, 1.82) is 0 Å². The van der Waals surface area contributed by atoms with E-state index in [1.807, 2.05) is 0 Å². The van der Waals surface area contributed by atoms with E-state index in [0.717, 1.165) is 0 Å². The summed E-state index contributed by atoms with van der Waals surface area (Å²) in [6.07, 6.45) is 2.99. The second-order valence-corrected chi connectivity index (χ2v) is 5.18. The Bertz CT molecular complexity index is 764. The Morgan fingerprint density at radius 1 is 1.00 bits per heavy atom. The number of ether oxygens (including phenoxy) is 2. The zero-order valence-electron chi connectivity index (χ0n) is 16.0. The summed E-state index contributed by atoms with van der Waals surface area (Å²) < 4.78 is 9.35. The van der Waals surface area contributed by atoms with Gasteiger partial charge in [-0.2, -0.15) is 0 Å². The summed E-state index contributed by atoms with van der Waals surface area (Å²) in [5, 5.41) is 10.7. The maximum Gasteiger partial charge on any atom is 0.388 e. The van der Waals surface area contributed by atoms with Crippen LogP contribution in [0.3, 0.4) is 0 Å². The molecule has 2 aromatic rings. The van der Waals surface area contributed by atoms with Crippen LogP contribution in [-0.4, -0.2) is 40.0 Å². The topological polar surface area (TPSA) is 148 Å². The molecule has 0 radical (unpaired) electrons. The third kappa shape index (κ3) is 9.39. The summed E-state index contributed by atoms with van der Waals surface area (Å²) in [5.74, 6) is -1.33. The predicted octanol–water partition coefficient (Wildman–Crippen LogP) is 2.66. The van der Waals surface area contributed by atoms with Crippen molar-refractivity contribution in [1.82, 2.24) is 9.97 Å². The molecule has 0 aliphatic rings. The van der Waals surface area contributed by atoms with Gasteiger partial charge in [0, 0.05) is 17.3 Å². The van der Waals surface area contributed by atoms with Crippen molar-refractivity contribution in [2.75, 3.05) is 13.2 Å². The fourth-order valence-electron chi connectivity index (χ4n) is 1.99. The molecule has 0 fully saturated rings. The molecule has 0 spiro atoms. The van der Waals surface area contributed by atoms with E-state index < -0.39 is 28.9 Å². The van der Waals surface area contributed by atoms with Gasteiger partial charge in [-0.1, -0.05) is 19.6 Å². The van der Waals surface area contributed by atoms with E-state index >= 15 is 0 Å². The molecule has 10 nitrogen and oxygen atoms in total. The van der Waals surface area contributed by atoms with Crippen molar-refractivity contribution >= 4 is 24.3 Å². The summed E-state index contributed by atoms with van der Waals surface area (Å²) in [6, 6.07) is 7.55. The highest BCUT2D eigenvalue weighted by molar-refractivity contribution is 5.85. The number of aromatic nitrogens is 2. The molecular weight excluding hydrogens is 416 g/mol. The lowest BCUT2D eigenvalue weighted by atomic mass is 10.2. The molecule has 0 saturated carbocycles. The first-order valence-electron chi connectivity index (χ1n) is 8.46. The third-order valence-corrected chi connectivity index (χ3v) is 3.24. The van der Waals surface area contributed by atoms with Gasteiger partial charge in [-0.3, -0.25) is 20.1 Å². The number of halogens is 1. The van der Waals surface area contributed by atoms with E-state index in [4.69, 9.17) is 10.5 Å². The average Bonchev–Trinajstić information content (AvgIpc) is 2.69. The van der Waals surface area contributed by atoms with Crippen LogP contribution in [0.2, 0.25) is 0 Å². The number of hydrogen-bond donors (Lipinski definition) is 1. The molecule has 2 heterocycles. The van der Waals surface area contributed by atoms with Crippen LogP contribution in [0.1, 0.15) is 44.7 Å². The Morgan fingerprint density at radius 2 is 1.47 bits per heavy atom. The van der Waals surface area contributed by atoms with Crippen LogP contribution in [0.5, 0.6) is 0 Å². The number of pyridine rings is 2. The number of nitrogens with two attached hydrogens (primary N) is 1. The standard InChI is InChI=1S/C9H10N2O4.C9H12N2O2.CH4.ClH/c1-2-15-9(12)8(11(13)14)7-5-3-4-6-10-7;1-2-13-9(12)8(10)7-5-3-4-6-11-7;;/h3-6,8H,2H2,1H3;3-6,8H,2,10H2,1H3;1H4;1H. The molecule has 0 amide bonds. The van der Waals surface area contributed by atoms with E-state index in [2.05, 4.69) is 14.7 Å². The normalized spacial score (nSPS) is 11.2. The van der Waals surface area contributed by atoms with Gasteiger partial charge in [0.05, 0.1) is 18.9 Å². The molecule has 0 saturated heterocycles. The number of nitrogens with zero attached hydrogens (tertiary/aromatic N) is 3. The van der Waals surface area contributed by atoms with Gasteiger partial charge in [0.15, 0.2) is 0 Å². The smallest absolute Gasteiger partial charge is 0.388 e. The maximum atomic E-state index is 11.3. The predicted molar refractivity (Wildman–Crippen MR) is 112 cm³/mol. The van der Waals surface area contributed by atoms with Crippen molar-refractivity contribution in [3.8, 4) is 0 Å². The zero-order chi connectivity index (χ0) is 20.9. The number of hydrogen-bond acceptors (Lipinski definition) is 9. The van der Waals surface area contributed by atoms with Gasteiger partial charge in [-0.25, -0.2) is 9.59 Å². The fourth-order valence-corrected chi connectivity index (χ4v) is 1.99. The molecule has 2 N–H and O–H groups in total. The second-order valence-electron chi connectivity index (χ2n) is 5.18. The van der Waals surface area contributed by atoms with Gasteiger partial charge in [0.1, 0.15) is 11.7 Å². The highest BCUT2D eigenvalue weighted by Gasteiger charge is 2.34. The molecule has 11 heteroatoms. The molecule has 0 aromatic carbocycles. The number of nitro groups is 1. The Balaban J connectivity index is 0. The van der Waals surface area contributed by atoms with Crippen LogP contribution < -0.4 is 5.73 Å². The first-order chi connectivity index (χ1) is 13.4. The van der Waals surface area contributed by atoms with Gasteiger partial charge in [0.25, 0.3) is 0 Å². The molecule has 2 unspecified atom stereocenters. The first kappa shape index (κ1) is 29.1. The minimum atomic E-state index is -1.54. The number of carbonyl (C=O) groups is 2. The lowest BCUT2D eigenvalue weighted by molar-refractivity contribution is -0.517. The monoisotopic (exact) mass is 442 g/mol. The van der Waals surface area contributed by atoms with Gasteiger partial charge in [-0.05, 0) is 38.1 Å². The van der Waals surface area contributed by atoms with Gasteiger partial charge in [-0.15, -0.1) is 12.4 Å². The minimum absolute atomic E-state index is 0. The molecule has 0 aliphatic carbocycles. The summed E-state index contributed by atoms with van der Waals surface area (Å²) in [7, 11) is 0. The summed E-state index contributed by atoms with van der Waals surface area (Å²) in [6.45, 7) is 3.77. The second kappa shape index (κ2) is 15.8. The molecule has 2 aromatic heterocycles. The Kier molecular flexibility index (Phi) is 15.3. The van der Waals surface area contributed by atoms with Crippen LogP contribution in [0.15, 0.2) is 48.8 Å². The SMILES string of the molecule is C.CCOC(=O)C(N)c1ccccn1.CCOC(=O)C(c1ccccn1)[N+](=O)[O-].Cl. The molecule has 0 aliphatic heterocycles. The highest BCUT2D eigenvalue weighted by Crippen LogP contribution is 2.15. The van der Waals surface area contributed by atoms with Gasteiger partial charge in [0.2, 0.25) is 0 Å². The zero-order valence-corrected chi connectivity index (χ0v) is 16.8. The minimum Gasteiger partial charge on any atom is -0.465 e. The fraction of sp³-hybridized carbons (Fsp3) is 0.368. The van der Waals surface area contributed by atoms with Crippen molar-refractivity contribution in [3.05, 3.63) is 70.3 Å². The van der Waals surface area contributed by atoms with Crippen molar-refractivity contribution in [2.24, 2.45) is 5.73 Å². The van der Waals surface area contributed by atoms with Crippen molar-refractivity contribution in [2.45, 2.75) is 33.4 Å². The van der Waals surface area contributed by atoms with Crippen LogP contribution in [0.4, 0.5) is 0 Å². The number of rotatable bonds is 7. The summed E-state index contributed by atoms with van der Waals surface area (Å²) in [5.41, 5.74) is 6.20. The van der Waals surface area contributed by atoms with Crippen LogP contribution >= 0.6 is 12.4 Å². The summed E-state index contributed by atoms with van der Waals surface area (Å²) in [4.78, 5) is 40.1. The molecule has 166 valence electrons. The molecule has 30 heavy (non-hydrogen) atoms. The largest absolute Gasteiger partial charge is 0.465 e. The molecule has 2 atom stereocenters. The van der Waals surface area contributed by atoms with Crippen LogP contribution in [0.25, 0.3) is 0 Å². The van der Waals surface area contributed by atoms with E-state index in [1.54, 1.807) is 50.4 Å². The third-order valence-electron chi connectivity index (χ3n) is 3.24. The molecule has 2 rings (SSSR count). The van der Waals surface area contributed by atoms with Crippen LogP contribution in [-0.2, 0) is 19.1 Å². The van der Waals surface area contributed by atoms with E-state index in [9.17, 15) is 19.7 Å². The van der Waals surface area contributed by atoms with E-state index in [-0.39, 0.29) is 32.1 Å². The van der Waals surface area contributed by atoms with Crippen molar-refractivity contribution < 1.29 is 24.0 Å². The average molecular weight is 443 g/mol. The quantitative estimate of drug-likeness (QED) is 0.388. The van der Waals surface area contributed by atoms with Crippen LogP contribution in [0, 0.1) is 10.1 Å². The van der Waals surface area contributed by atoms with E-state index in [0.29, 0.717) is 12.3 Å². The summed E-state index contributed by atoms with van der Waals surface area (Å²) >= 11 is 0. The number of carbonyl (C=O) groups excluding carboxylic acids is 2. The number of esters is 2. The van der Waals surface area contributed by atoms with Crippen molar-refractivity contribution in [3.63, 3.8) is 0 Å². The molecule has 0 bridgehead atoms. The molecular formula is C19H27ClN4O6.